The highest BCUT2D eigenvalue weighted by Crippen LogP contribution is 2.36. The van der Waals surface area contributed by atoms with Crippen molar-refractivity contribution in [1.82, 2.24) is 9.97 Å². The van der Waals surface area contributed by atoms with Gasteiger partial charge in [0.15, 0.2) is 0 Å². The van der Waals surface area contributed by atoms with Crippen LogP contribution in [0.4, 0.5) is 0 Å². The van der Waals surface area contributed by atoms with Crippen LogP contribution in [0.2, 0.25) is 5.15 Å². The van der Waals surface area contributed by atoms with Crippen LogP contribution in [0.5, 0.6) is 0 Å². The predicted octanol–water partition coefficient (Wildman–Crippen LogP) is 3.10. The maximum Gasteiger partial charge on any atom is 0.496 e. The van der Waals surface area contributed by atoms with Crippen LogP contribution < -0.4 is 5.46 Å². The number of hydrogen-bond donors (Lipinski definition) is 0. The Morgan fingerprint density at radius 3 is 2.23 bits per heavy atom. The normalized spacial score (nSPS) is 19.4. The second-order valence-corrected chi connectivity index (χ2v) is 6.79. The molecule has 4 nitrogen and oxygen atoms in total. The lowest BCUT2D eigenvalue weighted by molar-refractivity contribution is 0.00578. The second kappa shape index (κ2) is 5.34. The topological polar surface area (TPSA) is 44.2 Å². The zero-order valence-electron chi connectivity index (χ0n) is 13.1. The Morgan fingerprint density at radius 1 is 1.05 bits per heavy atom. The molecule has 0 spiro atoms. The van der Waals surface area contributed by atoms with Crippen molar-refractivity contribution in [2.75, 3.05) is 0 Å². The van der Waals surface area contributed by atoms with Crippen molar-refractivity contribution in [3.05, 3.63) is 41.9 Å². The molecule has 3 rings (SSSR count). The lowest BCUT2D eigenvalue weighted by Gasteiger charge is -2.32. The molecule has 114 valence electrons. The van der Waals surface area contributed by atoms with Gasteiger partial charge in [-0.1, -0.05) is 11.6 Å². The van der Waals surface area contributed by atoms with Crippen molar-refractivity contribution in [1.29, 1.82) is 0 Å². The molecule has 0 amide bonds. The summed E-state index contributed by atoms with van der Waals surface area (Å²) in [6.45, 7) is 8.11. The maximum atomic E-state index is 6.24. The fourth-order valence-electron chi connectivity index (χ4n) is 2.31. The molecule has 0 N–H and O–H groups in total. The summed E-state index contributed by atoms with van der Waals surface area (Å²) < 4.78 is 12.1. The van der Waals surface area contributed by atoms with Crippen molar-refractivity contribution in [3.8, 4) is 11.1 Å². The number of aromatic nitrogens is 2. The molecular formula is C16H18BClN2O2. The molecule has 1 aliphatic heterocycles. The monoisotopic (exact) mass is 316 g/mol. The summed E-state index contributed by atoms with van der Waals surface area (Å²) in [5.41, 5.74) is 1.90. The smallest absolute Gasteiger partial charge is 0.399 e. The van der Waals surface area contributed by atoms with Gasteiger partial charge in [-0.3, -0.25) is 4.98 Å². The first kappa shape index (κ1) is 15.5. The molecular weight excluding hydrogens is 298 g/mol. The van der Waals surface area contributed by atoms with Gasteiger partial charge in [-0.05, 0) is 51.5 Å². The number of nitrogens with zero attached hydrogens (tertiary/aromatic N) is 2. The van der Waals surface area contributed by atoms with Crippen molar-refractivity contribution in [2.45, 2.75) is 38.9 Å². The number of hydrogen-bond acceptors (Lipinski definition) is 4. The largest absolute Gasteiger partial charge is 0.496 e. The third-order valence-electron chi connectivity index (χ3n) is 4.38. The zero-order valence-corrected chi connectivity index (χ0v) is 13.9. The molecule has 0 saturated carbocycles. The number of rotatable bonds is 2. The Labute approximate surface area is 136 Å². The fourth-order valence-corrected chi connectivity index (χ4v) is 2.52. The number of halogens is 1. The summed E-state index contributed by atoms with van der Waals surface area (Å²) in [6, 6.07) is 5.76. The van der Waals surface area contributed by atoms with Crippen molar-refractivity contribution in [2.24, 2.45) is 0 Å². The third kappa shape index (κ3) is 2.64. The second-order valence-electron chi connectivity index (χ2n) is 6.43. The van der Waals surface area contributed by atoms with Gasteiger partial charge in [0, 0.05) is 29.6 Å². The predicted molar refractivity (Wildman–Crippen MR) is 88.2 cm³/mol. The fraction of sp³-hybridized carbons (Fsp3) is 0.375. The van der Waals surface area contributed by atoms with Gasteiger partial charge in [-0.15, -0.1) is 0 Å². The van der Waals surface area contributed by atoms with Gasteiger partial charge in [-0.2, -0.15) is 0 Å². The van der Waals surface area contributed by atoms with Crippen LogP contribution in [0.1, 0.15) is 27.7 Å². The van der Waals surface area contributed by atoms with E-state index >= 15 is 0 Å². The SMILES string of the molecule is CC1(C)OB(c2cnc(Cl)c(-c3ccncc3)c2)OC1(C)C. The summed E-state index contributed by atoms with van der Waals surface area (Å²) in [4.78, 5) is 8.31. The maximum absolute atomic E-state index is 6.24. The molecule has 2 aromatic rings. The van der Waals surface area contributed by atoms with E-state index in [0.717, 1.165) is 16.6 Å². The van der Waals surface area contributed by atoms with Crippen LogP contribution in [0.3, 0.4) is 0 Å². The average Bonchev–Trinajstić information content (AvgIpc) is 2.69. The van der Waals surface area contributed by atoms with E-state index in [2.05, 4.69) is 9.97 Å². The van der Waals surface area contributed by atoms with Crippen LogP contribution in [-0.4, -0.2) is 28.3 Å². The lowest BCUT2D eigenvalue weighted by Crippen LogP contribution is -2.41. The first-order chi connectivity index (χ1) is 10.3. The molecule has 0 atom stereocenters. The van der Waals surface area contributed by atoms with Crippen LogP contribution in [0.25, 0.3) is 11.1 Å². The minimum absolute atomic E-state index is 0.381. The van der Waals surface area contributed by atoms with E-state index < -0.39 is 7.12 Å². The van der Waals surface area contributed by atoms with E-state index in [1.807, 2.05) is 45.9 Å². The van der Waals surface area contributed by atoms with Crippen molar-refractivity contribution in [3.63, 3.8) is 0 Å². The Bertz CT molecular complexity index is 676. The van der Waals surface area contributed by atoms with Crippen LogP contribution >= 0.6 is 11.6 Å². The van der Waals surface area contributed by atoms with Crippen molar-refractivity contribution < 1.29 is 9.31 Å². The molecule has 1 saturated heterocycles. The van der Waals surface area contributed by atoms with Gasteiger partial charge in [0.2, 0.25) is 0 Å². The molecule has 1 fully saturated rings. The van der Waals surface area contributed by atoms with E-state index in [0.29, 0.717) is 5.15 Å². The highest BCUT2D eigenvalue weighted by molar-refractivity contribution is 6.62. The van der Waals surface area contributed by atoms with E-state index in [4.69, 9.17) is 20.9 Å². The van der Waals surface area contributed by atoms with Gasteiger partial charge >= 0.3 is 7.12 Å². The van der Waals surface area contributed by atoms with Gasteiger partial charge < -0.3 is 9.31 Å². The summed E-state index contributed by atoms with van der Waals surface area (Å²) in [5.74, 6) is 0. The van der Waals surface area contributed by atoms with Gasteiger partial charge in [-0.25, -0.2) is 4.98 Å². The lowest BCUT2D eigenvalue weighted by atomic mass is 9.79. The summed E-state index contributed by atoms with van der Waals surface area (Å²) in [7, 11) is -0.449. The van der Waals surface area contributed by atoms with Crippen LogP contribution in [0, 0.1) is 0 Å². The van der Waals surface area contributed by atoms with Gasteiger partial charge in [0.25, 0.3) is 0 Å². The highest BCUT2D eigenvalue weighted by atomic mass is 35.5. The zero-order chi connectivity index (χ0) is 16.0. The quantitative estimate of drug-likeness (QED) is 0.631. The highest BCUT2D eigenvalue weighted by Gasteiger charge is 2.51. The van der Waals surface area contributed by atoms with E-state index in [-0.39, 0.29) is 11.2 Å². The van der Waals surface area contributed by atoms with Crippen molar-refractivity contribution >= 4 is 24.2 Å². The Hall–Kier alpha value is -1.43. The molecule has 0 bridgehead atoms. The first-order valence-electron chi connectivity index (χ1n) is 7.22. The van der Waals surface area contributed by atoms with E-state index in [9.17, 15) is 0 Å². The third-order valence-corrected chi connectivity index (χ3v) is 4.68. The Morgan fingerprint density at radius 2 is 1.64 bits per heavy atom. The Kier molecular flexibility index (Phi) is 3.75. The molecule has 2 aromatic heterocycles. The van der Waals surface area contributed by atoms with E-state index in [1.54, 1.807) is 18.6 Å². The molecule has 0 unspecified atom stereocenters. The van der Waals surface area contributed by atoms with Gasteiger partial charge in [0.05, 0.1) is 11.2 Å². The van der Waals surface area contributed by atoms with Gasteiger partial charge in [0.1, 0.15) is 5.15 Å². The molecule has 6 heteroatoms. The standard InChI is InChI=1S/C16H18BClN2O2/c1-15(2)16(3,4)22-17(21-15)12-9-13(14(18)20-10-12)11-5-7-19-8-6-11/h5-10H,1-4H3. The molecule has 22 heavy (non-hydrogen) atoms. The molecule has 0 aromatic carbocycles. The van der Waals surface area contributed by atoms with Crippen LogP contribution in [-0.2, 0) is 9.31 Å². The average molecular weight is 317 g/mol. The minimum Gasteiger partial charge on any atom is -0.399 e. The van der Waals surface area contributed by atoms with Crippen LogP contribution in [0.15, 0.2) is 36.8 Å². The molecule has 3 heterocycles. The summed E-state index contributed by atoms with van der Waals surface area (Å²) in [5, 5.41) is 0.450. The summed E-state index contributed by atoms with van der Waals surface area (Å²) >= 11 is 6.24. The number of pyridine rings is 2. The Balaban J connectivity index is 1.98. The molecule has 1 aliphatic rings. The van der Waals surface area contributed by atoms with E-state index in [1.165, 1.54) is 0 Å². The molecule has 0 aliphatic carbocycles. The first-order valence-corrected chi connectivity index (χ1v) is 7.59. The summed E-state index contributed by atoms with van der Waals surface area (Å²) in [6.07, 6.45) is 5.16. The minimum atomic E-state index is -0.449. The molecule has 0 radical (unpaired) electrons.